The number of rotatable bonds is 4. The molecule has 2 aliphatic rings. The summed E-state index contributed by atoms with van der Waals surface area (Å²) < 4.78 is 33.1. The van der Waals surface area contributed by atoms with E-state index in [0.29, 0.717) is 25.9 Å². The van der Waals surface area contributed by atoms with Crippen molar-refractivity contribution in [1.29, 1.82) is 5.41 Å². The van der Waals surface area contributed by atoms with Crippen LogP contribution in [-0.4, -0.2) is 47.1 Å². The fourth-order valence-electron chi connectivity index (χ4n) is 3.97. The third kappa shape index (κ3) is 4.55. The van der Waals surface area contributed by atoms with Gasteiger partial charge in [-0.15, -0.1) is 12.4 Å². The van der Waals surface area contributed by atoms with Crippen LogP contribution in [0.3, 0.4) is 0 Å². The molecule has 1 aromatic rings. The molecule has 156 valence electrons. The second-order valence-corrected chi connectivity index (χ2v) is 7.41. The Kier molecular flexibility index (Phi) is 6.88. The molecule has 0 radical (unpaired) electrons. The number of nitrogens with one attached hydrogen (secondary N) is 1. The molecule has 0 aromatic heterocycles. The van der Waals surface area contributed by atoms with Crippen LogP contribution >= 0.6 is 12.4 Å². The predicted octanol–water partition coefficient (Wildman–Crippen LogP) is 2.63. The Morgan fingerprint density at radius 3 is 2.36 bits per heavy atom. The Hall–Kier alpha value is -1.93. The van der Waals surface area contributed by atoms with Crippen LogP contribution in [0, 0.1) is 11.3 Å². The van der Waals surface area contributed by atoms with E-state index in [1.807, 2.05) is 0 Å². The lowest BCUT2D eigenvalue weighted by molar-refractivity contribution is -0.182. The second kappa shape index (κ2) is 8.61. The molecule has 1 heterocycles. The van der Waals surface area contributed by atoms with Crippen molar-refractivity contribution in [3.05, 3.63) is 35.9 Å². The number of carbonyl (C=O) groups is 1. The van der Waals surface area contributed by atoms with Gasteiger partial charge >= 0.3 is 5.97 Å². The minimum Gasteiger partial charge on any atom is -0.460 e. The maximum Gasteiger partial charge on any atom is 0.343 e. The van der Waals surface area contributed by atoms with Crippen LogP contribution in [-0.2, 0) is 15.1 Å². The van der Waals surface area contributed by atoms with Crippen molar-refractivity contribution >= 4 is 24.3 Å². The quantitative estimate of drug-likeness (QED) is 0.397. The summed E-state index contributed by atoms with van der Waals surface area (Å²) in [4.78, 5) is 14.6. The molecular weight excluding hydrogens is 392 g/mol. The van der Waals surface area contributed by atoms with E-state index in [2.05, 4.69) is 0 Å². The zero-order valence-corrected chi connectivity index (χ0v) is 16.3. The van der Waals surface area contributed by atoms with Crippen molar-refractivity contribution in [3.8, 4) is 0 Å². The molecular formula is C19H26ClF2N3O3. The summed E-state index contributed by atoms with van der Waals surface area (Å²) in [6.45, 7) is 0.942. The molecule has 1 saturated heterocycles. The molecule has 3 rings (SSSR count). The van der Waals surface area contributed by atoms with Gasteiger partial charge in [-0.1, -0.05) is 30.3 Å². The predicted molar refractivity (Wildman–Crippen MR) is 102 cm³/mol. The third-order valence-corrected chi connectivity index (χ3v) is 5.58. The van der Waals surface area contributed by atoms with E-state index in [-0.39, 0.29) is 36.8 Å². The second-order valence-electron chi connectivity index (χ2n) is 7.41. The summed E-state index contributed by atoms with van der Waals surface area (Å²) in [5.74, 6) is -4.70. The van der Waals surface area contributed by atoms with E-state index < -0.39 is 35.9 Å². The van der Waals surface area contributed by atoms with Crippen LogP contribution in [0.15, 0.2) is 30.3 Å². The molecule has 1 saturated carbocycles. The van der Waals surface area contributed by atoms with Crippen LogP contribution in [0.4, 0.5) is 8.78 Å². The van der Waals surface area contributed by atoms with Crippen LogP contribution < -0.4 is 5.73 Å². The number of nitrogens with zero attached hydrogens (tertiary/aromatic N) is 1. The Morgan fingerprint density at radius 1 is 1.25 bits per heavy atom. The number of alkyl halides is 2. The van der Waals surface area contributed by atoms with Crippen molar-refractivity contribution in [1.82, 2.24) is 4.90 Å². The van der Waals surface area contributed by atoms with E-state index >= 15 is 0 Å². The number of ether oxygens (including phenoxy) is 1. The van der Waals surface area contributed by atoms with Gasteiger partial charge in [-0.2, -0.15) is 0 Å². The maximum absolute atomic E-state index is 13.8. The third-order valence-electron chi connectivity index (χ3n) is 5.58. The first-order valence-corrected chi connectivity index (χ1v) is 9.18. The van der Waals surface area contributed by atoms with E-state index in [1.165, 1.54) is 0 Å². The number of halogens is 3. The summed E-state index contributed by atoms with van der Waals surface area (Å²) in [7, 11) is 0. The highest BCUT2D eigenvalue weighted by Gasteiger charge is 2.54. The maximum atomic E-state index is 13.8. The highest BCUT2D eigenvalue weighted by molar-refractivity contribution is 5.85. The largest absolute Gasteiger partial charge is 0.460 e. The molecule has 1 aliphatic carbocycles. The number of esters is 1. The Balaban J connectivity index is 0.00000280. The van der Waals surface area contributed by atoms with Crippen molar-refractivity contribution in [3.63, 3.8) is 0 Å². The number of aliphatic hydroxyl groups is 1. The van der Waals surface area contributed by atoms with Crippen molar-refractivity contribution in [2.75, 3.05) is 13.1 Å². The topological polar surface area (TPSA) is 99.6 Å². The molecule has 1 aliphatic heterocycles. The molecule has 2 atom stereocenters. The van der Waals surface area contributed by atoms with Gasteiger partial charge in [-0.05, 0) is 12.0 Å². The highest BCUT2D eigenvalue weighted by Crippen LogP contribution is 2.48. The van der Waals surface area contributed by atoms with Crippen molar-refractivity contribution in [2.45, 2.75) is 49.7 Å². The first-order chi connectivity index (χ1) is 12.7. The number of benzene rings is 1. The van der Waals surface area contributed by atoms with Gasteiger partial charge in [0, 0.05) is 44.7 Å². The summed E-state index contributed by atoms with van der Waals surface area (Å²) in [5.41, 5.74) is 3.64. The van der Waals surface area contributed by atoms with Crippen LogP contribution in [0.2, 0.25) is 0 Å². The van der Waals surface area contributed by atoms with Gasteiger partial charge < -0.3 is 20.5 Å². The van der Waals surface area contributed by atoms with Gasteiger partial charge in [0.25, 0.3) is 0 Å². The summed E-state index contributed by atoms with van der Waals surface area (Å²) >= 11 is 0. The molecule has 4 N–H and O–H groups in total. The zero-order chi connectivity index (χ0) is 19.7. The van der Waals surface area contributed by atoms with E-state index in [0.717, 1.165) is 0 Å². The fraction of sp³-hybridized carbons (Fsp3) is 0.579. The molecule has 0 bridgehead atoms. The minimum atomic E-state index is -2.89. The number of hydrogen-bond acceptors (Lipinski definition) is 4. The lowest BCUT2D eigenvalue weighted by Gasteiger charge is -2.36. The molecule has 2 fully saturated rings. The number of guanidine groups is 1. The van der Waals surface area contributed by atoms with Crippen LogP contribution in [0.5, 0.6) is 0 Å². The zero-order valence-electron chi connectivity index (χ0n) is 15.4. The van der Waals surface area contributed by atoms with E-state index in [9.17, 15) is 18.7 Å². The number of carbonyl (C=O) groups excluding carboxylic acids is 1. The molecule has 9 heteroatoms. The number of likely N-dealkylation sites (tertiary alicyclic amines) is 1. The molecule has 0 spiro atoms. The normalized spacial score (nSPS) is 24.1. The first kappa shape index (κ1) is 22.4. The summed E-state index contributed by atoms with van der Waals surface area (Å²) in [6.07, 6.45) is -0.345. The van der Waals surface area contributed by atoms with E-state index in [4.69, 9.17) is 15.9 Å². The molecule has 6 nitrogen and oxygen atoms in total. The lowest BCUT2D eigenvalue weighted by atomic mass is 9.80. The minimum absolute atomic E-state index is 0. The number of nitrogens with two attached hydrogens (primary N) is 1. The standard InChI is InChI=1S/C19H25F2N3O3.ClH/c20-18(21)9-6-14(12-18)19(26,13-4-2-1-3-5-13)16(25)27-15-7-10-24(11-8-15)17(22)23;/h1-5,14-15,26H,6-12H2,(H3,22,23);1H. The average molecular weight is 418 g/mol. The SMILES string of the molecule is Cl.N=C(N)N1CCC(OC(=O)C(O)(c2ccccc2)C2CCC(F)(F)C2)CC1. The summed E-state index contributed by atoms with van der Waals surface area (Å²) in [6, 6.07) is 8.18. The number of hydrogen-bond donors (Lipinski definition) is 3. The van der Waals surface area contributed by atoms with Gasteiger partial charge in [0.05, 0.1) is 0 Å². The Bertz CT molecular complexity index is 699. The van der Waals surface area contributed by atoms with Gasteiger partial charge in [0.2, 0.25) is 5.92 Å². The van der Waals surface area contributed by atoms with Crippen LogP contribution in [0.1, 0.15) is 37.7 Å². The van der Waals surface area contributed by atoms with Crippen molar-refractivity contribution < 1.29 is 23.4 Å². The Labute approximate surface area is 169 Å². The van der Waals surface area contributed by atoms with E-state index in [1.54, 1.807) is 35.2 Å². The van der Waals surface area contributed by atoms with Crippen LogP contribution in [0.25, 0.3) is 0 Å². The lowest BCUT2D eigenvalue weighted by Crippen LogP contribution is -2.48. The average Bonchev–Trinajstić information content (AvgIpc) is 3.02. The first-order valence-electron chi connectivity index (χ1n) is 9.18. The monoisotopic (exact) mass is 417 g/mol. The fourth-order valence-corrected chi connectivity index (χ4v) is 3.97. The molecule has 1 aromatic carbocycles. The van der Waals surface area contributed by atoms with Crippen molar-refractivity contribution in [2.24, 2.45) is 11.7 Å². The van der Waals surface area contributed by atoms with Gasteiger partial charge in [0.1, 0.15) is 6.10 Å². The molecule has 2 unspecified atom stereocenters. The van der Waals surface area contributed by atoms with Gasteiger partial charge in [-0.3, -0.25) is 5.41 Å². The van der Waals surface area contributed by atoms with Gasteiger partial charge in [0.15, 0.2) is 11.6 Å². The Morgan fingerprint density at radius 2 is 1.86 bits per heavy atom. The summed E-state index contributed by atoms with van der Waals surface area (Å²) in [5, 5.41) is 18.7. The highest BCUT2D eigenvalue weighted by atomic mass is 35.5. The molecule has 28 heavy (non-hydrogen) atoms. The molecule has 0 amide bonds. The number of piperidine rings is 1. The smallest absolute Gasteiger partial charge is 0.343 e. The van der Waals surface area contributed by atoms with Gasteiger partial charge in [-0.25, -0.2) is 13.6 Å².